The Balaban J connectivity index is 1.47. The lowest BCUT2D eigenvalue weighted by Gasteiger charge is -2.44. The summed E-state index contributed by atoms with van der Waals surface area (Å²) in [5.41, 5.74) is 8.93. The Morgan fingerprint density at radius 3 is 2.74 bits per heavy atom. The number of fused-ring (bicyclic) bond motifs is 1. The Bertz CT molecular complexity index is 967. The molecule has 0 saturated heterocycles. The second-order valence-electron chi connectivity index (χ2n) is 8.49. The first-order valence-corrected chi connectivity index (χ1v) is 12.3. The van der Waals surface area contributed by atoms with Crippen molar-refractivity contribution in [1.82, 2.24) is 25.0 Å². The zero-order valence-corrected chi connectivity index (χ0v) is 20.0. The van der Waals surface area contributed by atoms with E-state index in [0.717, 1.165) is 30.1 Å². The molecule has 1 saturated carbocycles. The maximum Gasteiger partial charge on any atom is 0.292 e. The van der Waals surface area contributed by atoms with E-state index < -0.39 is 0 Å². The summed E-state index contributed by atoms with van der Waals surface area (Å²) in [4.78, 5) is 26.8. The molecular weight excluding hydrogens is 507 g/mol. The zero-order valence-electron chi connectivity index (χ0n) is 17.8. The molecule has 0 bridgehead atoms. The highest BCUT2D eigenvalue weighted by atomic mass is 127. The fraction of sp³-hybridized carbons (Fsp3) is 0.545. The Labute approximate surface area is 196 Å². The second-order valence-corrected chi connectivity index (χ2v) is 9.25. The van der Waals surface area contributed by atoms with E-state index in [1.807, 2.05) is 4.90 Å². The van der Waals surface area contributed by atoms with Crippen LogP contribution in [0.4, 0.5) is 0 Å². The fourth-order valence-corrected chi connectivity index (χ4v) is 5.41. The minimum atomic E-state index is -0.137. The van der Waals surface area contributed by atoms with Crippen LogP contribution in [0.5, 0.6) is 0 Å². The first kappa shape index (κ1) is 22.2. The van der Waals surface area contributed by atoms with Gasteiger partial charge >= 0.3 is 0 Å². The van der Waals surface area contributed by atoms with Gasteiger partial charge in [-0.25, -0.2) is 0 Å². The number of benzene rings is 1. The molecule has 1 aromatic heterocycles. The van der Waals surface area contributed by atoms with Crippen LogP contribution >= 0.6 is 22.6 Å². The Morgan fingerprint density at radius 2 is 2.06 bits per heavy atom. The van der Waals surface area contributed by atoms with Gasteiger partial charge in [0.05, 0.1) is 6.42 Å². The van der Waals surface area contributed by atoms with Crippen LogP contribution in [0.2, 0.25) is 0 Å². The third-order valence-corrected chi connectivity index (χ3v) is 7.76. The van der Waals surface area contributed by atoms with Crippen LogP contribution in [0.3, 0.4) is 0 Å². The van der Waals surface area contributed by atoms with Crippen LogP contribution in [-0.4, -0.2) is 57.7 Å². The lowest BCUT2D eigenvalue weighted by Crippen LogP contribution is -2.51. The van der Waals surface area contributed by atoms with Crippen LogP contribution < -0.4 is 11.1 Å². The molecule has 1 fully saturated rings. The molecule has 0 spiro atoms. The number of amides is 2. The van der Waals surface area contributed by atoms with Gasteiger partial charge in [0.15, 0.2) is 0 Å². The van der Waals surface area contributed by atoms with Gasteiger partial charge in [-0.15, -0.1) is 10.2 Å². The summed E-state index contributed by atoms with van der Waals surface area (Å²) in [6.07, 6.45) is 3.93. The summed E-state index contributed by atoms with van der Waals surface area (Å²) in [7, 11) is 1.59. The molecule has 166 valence electrons. The molecule has 2 heterocycles. The number of hydrogen-bond donors (Lipinski definition) is 2. The van der Waals surface area contributed by atoms with Crippen molar-refractivity contribution < 1.29 is 9.59 Å². The highest BCUT2D eigenvalue weighted by molar-refractivity contribution is 14.1. The van der Waals surface area contributed by atoms with Crippen LogP contribution in [0, 0.1) is 0 Å². The van der Waals surface area contributed by atoms with E-state index in [2.05, 4.69) is 62.4 Å². The summed E-state index contributed by atoms with van der Waals surface area (Å²) in [5.74, 6) is 0.667. The van der Waals surface area contributed by atoms with Crippen LogP contribution in [0.1, 0.15) is 53.3 Å². The largest absolute Gasteiger partial charge is 0.359 e. The van der Waals surface area contributed by atoms with Gasteiger partial charge in [0.1, 0.15) is 5.82 Å². The van der Waals surface area contributed by atoms with E-state index in [4.69, 9.17) is 5.73 Å². The van der Waals surface area contributed by atoms with Crippen molar-refractivity contribution in [2.24, 2.45) is 5.73 Å². The number of nitrogens with one attached hydrogen (secondary N) is 1. The first-order chi connectivity index (χ1) is 15.0. The number of hydrogen-bond acceptors (Lipinski definition) is 5. The van der Waals surface area contributed by atoms with E-state index in [0.29, 0.717) is 31.3 Å². The predicted molar refractivity (Wildman–Crippen MR) is 126 cm³/mol. The SMILES string of the molecule is CNC(=O)Cc1nnc2n1CCN(C1CCC(CN)(c3cccc(CI)c3)CC1)C2=O. The average molecular weight is 536 g/mol. The third kappa shape index (κ3) is 4.21. The van der Waals surface area contributed by atoms with Gasteiger partial charge in [-0.3, -0.25) is 9.59 Å². The second kappa shape index (κ2) is 9.23. The van der Waals surface area contributed by atoms with Crippen molar-refractivity contribution in [2.75, 3.05) is 20.1 Å². The molecule has 2 aliphatic rings. The van der Waals surface area contributed by atoms with Crippen molar-refractivity contribution >= 4 is 34.4 Å². The average Bonchev–Trinajstić information content (AvgIpc) is 3.23. The zero-order chi connectivity index (χ0) is 22.0. The van der Waals surface area contributed by atoms with Gasteiger partial charge in [0.25, 0.3) is 5.91 Å². The quantitative estimate of drug-likeness (QED) is 0.433. The monoisotopic (exact) mass is 536 g/mol. The third-order valence-electron chi connectivity index (χ3n) is 6.88. The normalized spacial score (nSPS) is 23.5. The number of nitrogens with two attached hydrogens (primary N) is 1. The Kier molecular flexibility index (Phi) is 6.61. The molecule has 0 unspecified atom stereocenters. The highest BCUT2D eigenvalue weighted by Gasteiger charge is 2.40. The summed E-state index contributed by atoms with van der Waals surface area (Å²) >= 11 is 2.39. The van der Waals surface area contributed by atoms with E-state index in [1.165, 1.54) is 11.1 Å². The number of likely N-dealkylation sites (N-methyl/N-ethyl adjacent to an activating group) is 1. The summed E-state index contributed by atoms with van der Waals surface area (Å²) in [5, 5.41) is 10.8. The van der Waals surface area contributed by atoms with Crippen LogP contribution in [0.15, 0.2) is 24.3 Å². The van der Waals surface area contributed by atoms with Crippen molar-refractivity contribution in [3.63, 3.8) is 0 Å². The minimum Gasteiger partial charge on any atom is -0.359 e. The number of aromatic nitrogens is 3. The minimum absolute atomic E-state index is 0.0160. The van der Waals surface area contributed by atoms with E-state index in [1.54, 1.807) is 11.6 Å². The molecule has 0 radical (unpaired) electrons. The lowest BCUT2D eigenvalue weighted by molar-refractivity contribution is -0.120. The van der Waals surface area contributed by atoms with Gasteiger partial charge in [-0.1, -0.05) is 46.9 Å². The van der Waals surface area contributed by atoms with Gasteiger partial charge < -0.3 is 20.5 Å². The lowest BCUT2D eigenvalue weighted by atomic mass is 9.67. The molecule has 2 amide bonds. The molecule has 8 nitrogen and oxygen atoms in total. The molecule has 4 rings (SSSR count). The molecule has 1 aliphatic heterocycles. The number of rotatable bonds is 6. The fourth-order valence-electron chi connectivity index (χ4n) is 4.94. The molecular formula is C22H29IN6O2. The first-order valence-electron chi connectivity index (χ1n) is 10.8. The van der Waals surface area contributed by atoms with Crippen molar-refractivity contribution in [3.8, 4) is 0 Å². The Hall–Kier alpha value is -2.01. The van der Waals surface area contributed by atoms with Crippen LogP contribution in [-0.2, 0) is 27.6 Å². The molecule has 31 heavy (non-hydrogen) atoms. The van der Waals surface area contributed by atoms with Gasteiger partial charge in [-0.2, -0.15) is 0 Å². The topological polar surface area (TPSA) is 106 Å². The maximum atomic E-state index is 13.1. The van der Waals surface area contributed by atoms with Gasteiger partial charge in [-0.05, 0) is 36.8 Å². The molecule has 9 heteroatoms. The molecule has 1 aliphatic carbocycles. The van der Waals surface area contributed by atoms with Crippen molar-refractivity contribution in [2.45, 2.75) is 54.5 Å². The number of carbonyl (C=O) groups is 2. The molecule has 3 N–H and O–H groups in total. The number of nitrogens with zero attached hydrogens (tertiary/aromatic N) is 4. The summed E-state index contributed by atoms with van der Waals surface area (Å²) in [6, 6.07) is 8.97. The smallest absolute Gasteiger partial charge is 0.292 e. The molecule has 0 atom stereocenters. The number of carbonyl (C=O) groups excluding carboxylic acids is 2. The van der Waals surface area contributed by atoms with E-state index >= 15 is 0 Å². The standard InChI is InChI=1S/C22H29IN6O2/c1-25-19(30)12-18-26-27-20-21(31)28(9-10-29(18)20)17-5-7-22(14-24,8-6-17)16-4-2-3-15(11-16)13-23/h2-4,11,17H,5-10,12-14,24H2,1H3,(H,25,30). The number of alkyl halides is 1. The van der Waals surface area contributed by atoms with Crippen LogP contribution in [0.25, 0.3) is 0 Å². The highest BCUT2D eigenvalue weighted by Crippen LogP contribution is 2.41. The summed E-state index contributed by atoms with van der Waals surface area (Å²) in [6.45, 7) is 1.86. The van der Waals surface area contributed by atoms with Gasteiger partial charge in [0, 0.05) is 42.6 Å². The maximum absolute atomic E-state index is 13.1. The van der Waals surface area contributed by atoms with E-state index in [9.17, 15) is 9.59 Å². The molecule has 2 aromatic rings. The summed E-state index contributed by atoms with van der Waals surface area (Å²) < 4.78 is 2.77. The Morgan fingerprint density at radius 1 is 1.29 bits per heavy atom. The van der Waals surface area contributed by atoms with Crippen molar-refractivity contribution in [3.05, 3.63) is 47.0 Å². The molecule has 1 aromatic carbocycles. The predicted octanol–water partition coefficient (Wildman–Crippen LogP) is 1.80. The van der Waals surface area contributed by atoms with E-state index in [-0.39, 0.29) is 29.7 Å². The van der Waals surface area contributed by atoms with Gasteiger partial charge in [0.2, 0.25) is 11.7 Å². The van der Waals surface area contributed by atoms with Crippen molar-refractivity contribution in [1.29, 1.82) is 0 Å². The number of halogens is 1.